The maximum atomic E-state index is 13.4. The molecule has 1 aliphatic heterocycles. The van der Waals surface area contributed by atoms with Crippen molar-refractivity contribution in [3.05, 3.63) is 63.9 Å². The quantitative estimate of drug-likeness (QED) is 0.488. The molecule has 1 aliphatic rings. The number of nitrogens with zero attached hydrogens (tertiary/aromatic N) is 2. The molecule has 2 N–H and O–H groups in total. The molecular formula is C25H28Cl2N4O2. The zero-order chi connectivity index (χ0) is 23.5. The van der Waals surface area contributed by atoms with E-state index in [1.807, 2.05) is 43.0 Å². The number of hydrogen-bond donors (Lipinski definition) is 2. The van der Waals surface area contributed by atoms with Crippen molar-refractivity contribution < 1.29 is 9.59 Å². The number of fused-ring (bicyclic) bond motifs is 1. The molecule has 1 atom stereocenters. The first-order valence-corrected chi connectivity index (χ1v) is 12.1. The Morgan fingerprint density at radius 3 is 2.55 bits per heavy atom. The Morgan fingerprint density at radius 1 is 1.15 bits per heavy atom. The molecule has 1 aromatic heterocycles. The van der Waals surface area contributed by atoms with Crippen molar-refractivity contribution in [2.75, 3.05) is 13.1 Å². The Labute approximate surface area is 203 Å². The number of para-hydroxylation sites is 2. The summed E-state index contributed by atoms with van der Waals surface area (Å²) in [7, 11) is 0. The van der Waals surface area contributed by atoms with Gasteiger partial charge in [0.15, 0.2) is 0 Å². The van der Waals surface area contributed by atoms with Crippen LogP contribution in [0.2, 0.25) is 10.0 Å². The Balaban J connectivity index is 1.42. The van der Waals surface area contributed by atoms with Crippen LogP contribution in [0.5, 0.6) is 0 Å². The zero-order valence-electron chi connectivity index (χ0n) is 18.8. The van der Waals surface area contributed by atoms with E-state index in [9.17, 15) is 9.59 Å². The number of piperidine rings is 1. The maximum Gasteiger partial charge on any atom is 0.253 e. The summed E-state index contributed by atoms with van der Waals surface area (Å²) >= 11 is 12.1. The van der Waals surface area contributed by atoms with Gasteiger partial charge >= 0.3 is 0 Å². The number of carbonyl (C=O) groups excluding carboxylic acids is 2. The van der Waals surface area contributed by atoms with E-state index in [1.165, 1.54) is 6.07 Å². The van der Waals surface area contributed by atoms with Crippen molar-refractivity contribution >= 4 is 46.0 Å². The molecule has 3 aromatic rings. The first-order chi connectivity index (χ1) is 15.8. The topological polar surface area (TPSA) is 78.1 Å². The number of aromatic nitrogens is 2. The normalized spacial score (nSPS) is 15.7. The molecule has 0 radical (unpaired) electrons. The van der Waals surface area contributed by atoms with Crippen LogP contribution < -0.4 is 5.32 Å². The molecule has 4 rings (SSSR count). The van der Waals surface area contributed by atoms with Gasteiger partial charge in [0.05, 0.1) is 21.6 Å². The summed E-state index contributed by atoms with van der Waals surface area (Å²) < 4.78 is 0. The lowest BCUT2D eigenvalue weighted by Gasteiger charge is -2.34. The summed E-state index contributed by atoms with van der Waals surface area (Å²) in [5.41, 5.74) is 2.31. The number of amides is 2. The van der Waals surface area contributed by atoms with E-state index >= 15 is 0 Å². The fourth-order valence-corrected chi connectivity index (χ4v) is 4.86. The van der Waals surface area contributed by atoms with Crippen LogP contribution in [0.15, 0.2) is 42.5 Å². The zero-order valence-corrected chi connectivity index (χ0v) is 20.3. The fourth-order valence-electron chi connectivity index (χ4n) is 4.36. The van der Waals surface area contributed by atoms with Crippen molar-refractivity contribution in [1.29, 1.82) is 0 Å². The lowest BCUT2D eigenvalue weighted by atomic mass is 9.94. The molecule has 1 saturated heterocycles. The summed E-state index contributed by atoms with van der Waals surface area (Å²) in [5, 5.41) is 3.63. The smallest absolute Gasteiger partial charge is 0.253 e. The van der Waals surface area contributed by atoms with Crippen LogP contribution in [-0.2, 0) is 4.79 Å². The highest BCUT2D eigenvalue weighted by Crippen LogP contribution is 2.28. The van der Waals surface area contributed by atoms with E-state index < -0.39 is 6.04 Å². The summed E-state index contributed by atoms with van der Waals surface area (Å²) in [5.74, 6) is 1.09. The van der Waals surface area contributed by atoms with Gasteiger partial charge in [-0.05, 0) is 55.5 Å². The van der Waals surface area contributed by atoms with Gasteiger partial charge in [-0.3, -0.25) is 9.59 Å². The molecule has 1 fully saturated rings. The molecule has 0 spiro atoms. The van der Waals surface area contributed by atoms with E-state index in [0.717, 1.165) is 29.7 Å². The van der Waals surface area contributed by atoms with Crippen LogP contribution in [-0.4, -0.2) is 45.8 Å². The Bertz CT molecular complexity index is 1120. The van der Waals surface area contributed by atoms with Crippen LogP contribution in [0, 0.1) is 5.92 Å². The SMILES string of the molecule is CC(C)CC(NC(=O)c1ccc(Cl)cc1Cl)C(=O)N1CCC(c2nc3ccccc3[nH]2)CC1. The van der Waals surface area contributed by atoms with Gasteiger partial charge in [-0.15, -0.1) is 0 Å². The number of hydrogen-bond acceptors (Lipinski definition) is 3. The van der Waals surface area contributed by atoms with Crippen LogP contribution in [0.3, 0.4) is 0 Å². The molecule has 33 heavy (non-hydrogen) atoms. The van der Waals surface area contributed by atoms with E-state index in [2.05, 4.69) is 10.3 Å². The third-order valence-corrected chi connectivity index (χ3v) is 6.64. The minimum atomic E-state index is -0.605. The Kier molecular flexibility index (Phi) is 7.25. The van der Waals surface area contributed by atoms with Gasteiger partial charge < -0.3 is 15.2 Å². The molecule has 0 aliphatic carbocycles. The number of rotatable bonds is 6. The second kappa shape index (κ2) is 10.1. The van der Waals surface area contributed by atoms with Crippen LogP contribution in [0.1, 0.15) is 55.2 Å². The van der Waals surface area contributed by atoms with E-state index in [4.69, 9.17) is 28.2 Å². The first-order valence-electron chi connectivity index (χ1n) is 11.3. The van der Waals surface area contributed by atoms with Crippen molar-refractivity contribution in [3.63, 3.8) is 0 Å². The van der Waals surface area contributed by atoms with Gasteiger partial charge in [0.2, 0.25) is 5.91 Å². The number of nitrogens with one attached hydrogen (secondary N) is 2. The molecule has 1 unspecified atom stereocenters. The molecule has 2 aromatic carbocycles. The average Bonchev–Trinajstić information content (AvgIpc) is 3.22. The predicted molar refractivity (Wildman–Crippen MR) is 132 cm³/mol. The fraction of sp³-hybridized carbons (Fsp3) is 0.400. The standard InChI is InChI=1S/C25H28Cl2N4O2/c1-15(2)13-22(30-24(32)18-8-7-17(26)14-19(18)27)25(33)31-11-9-16(10-12-31)23-28-20-5-3-4-6-21(20)29-23/h3-8,14-16,22H,9-13H2,1-2H3,(H,28,29)(H,30,32). The number of H-pyrrole nitrogens is 1. The highest BCUT2D eigenvalue weighted by molar-refractivity contribution is 6.36. The molecular weight excluding hydrogens is 459 g/mol. The van der Waals surface area contributed by atoms with Crippen molar-refractivity contribution in [2.45, 2.75) is 45.1 Å². The average molecular weight is 487 g/mol. The van der Waals surface area contributed by atoms with Crippen LogP contribution >= 0.6 is 23.2 Å². The molecule has 8 heteroatoms. The van der Waals surface area contributed by atoms with Crippen molar-refractivity contribution in [1.82, 2.24) is 20.2 Å². The van der Waals surface area contributed by atoms with E-state index in [0.29, 0.717) is 30.1 Å². The molecule has 2 heterocycles. The van der Waals surface area contributed by atoms with E-state index in [1.54, 1.807) is 12.1 Å². The van der Waals surface area contributed by atoms with Crippen LogP contribution in [0.25, 0.3) is 11.0 Å². The summed E-state index contributed by atoms with van der Waals surface area (Å²) in [6.45, 7) is 5.34. The number of likely N-dealkylation sites (tertiary alicyclic amines) is 1. The number of benzene rings is 2. The van der Waals surface area contributed by atoms with Crippen molar-refractivity contribution in [2.24, 2.45) is 5.92 Å². The lowest BCUT2D eigenvalue weighted by Crippen LogP contribution is -2.51. The number of imidazole rings is 1. The van der Waals surface area contributed by atoms with Gasteiger partial charge in [0, 0.05) is 24.0 Å². The third kappa shape index (κ3) is 5.50. The summed E-state index contributed by atoms with van der Waals surface area (Å²) in [6, 6.07) is 12.1. The monoisotopic (exact) mass is 486 g/mol. The van der Waals surface area contributed by atoms with Crippen molar-refractivity contribution in [3.8, 4) is 0 Å². The summed E-state index contributed by atoms with van der Waals surface area (Å²) in [6.07, 6.45) is 2.22. The van der Waals surface area contributed by atoms with Gasteiger partial charge in [-0.25, -0.2) is 4.98 Å². The second-order valence-corrected chi connectivity index (χ2v) is 9.86. The second-order valence-electron chi connectivity index (χ2n) is 9.02. The molecule has 0 bridgehead atoms. The highest BCUT2D eigenvalue weighted by atomic mass is 35.5. The largest absolute Gasteiger partial charge is 0.342 e. The molecule has 0 saturated carbocycles. The number of aromatic amines is 1. The minimum Gasteiger partial charge on any atom is -0.342 e. The van der Waals surface area contributed by atoms with Gasteiger partial charge in [-0.1, -0.05) is 49.2 Å². The van der Waals surface area contributed by atoms with Gasteiger partial charge in [0.25, 0.3) is 5.91 Å². The minimum absolute atomic E-state index is 0.0507. The Morgan fingerprint density at radius 2 is 1.88 bits per heavy atom. The van der Waals surface area contributed by atoms with Gasteiger partial charge in [0.1, 0.15) is 11.9 Å². The Hall–Kier alpha value is -2.57. The number of halogens is 2. The molecule has 2 amide bonds. The number of carbonyl (C=O) groups is 2. The van der Waals surface area contributed by atoms with Gasteiger partial charge in [-0.2, -0.15) is 0 Å². The van der Waals surface area contributed by atoms with Crippen LogP contribution in [0.4, 0.5) is 0 Å². The predicted octanol–water partition coefficient (Wildman–Crippen LogP) is 5.42. The van der Waals surface area contributed by atoms with E-state index in [-0.39, 0.29) is 28.7 Å². The molecule has 6 nitrogen and oxygen atoms in total. The highest BCUT2D eigenvalue weighted by Gasteiger charge is 2.31. The first kappa shape index (κ1) is 23.6. The lowest BCUT2D eigenvalue weighted by molar-refractivity contribution is -0.134. The molecule has 174 valence electrons. The summed E-state index contributed by atoms with van der Waals surface area (Å²) in [4.78, 5) is 36.2. The third-order valence-electron chi connectivity index (χ3n) is 6.09. The maximum absolute atomic E-state index is 13.4.